The van der Waals surface area contributed by atoms with Crippen LogP contribution in [-0.2, 0) is 9.53 Å². The lowest BCUT2D eigenvalue weighted by Gasteiger charge is -2.40. The summed E-state index contributed by atoms with van der Waals surface area (Å²) in [4.78, 5) is 32.5. The van der Waals surface area contributed by atoms with Crippen molar-refractivity contribution in [2.75, 3.05) is 27.2 Å². The summed E-state index contributed by atoms with van der Waals surface area (Å²) in [5, 5.41) is 6.85. The maximum atomic E-state index is 12.6. The van der Waals surface area contributed by atoms with Gasteiger partial charge in [0, 0.05) is 38.8 Å². The third kappa shape index (κ3) is 7.08. The van der Waals surface area contributed by atoms with Gasteiger partial charge in [-0.15, -0.1) is 0 Å². The number of carbonyl (C=O) groups is 2. The molecule has 2 saturated heterocycles. The molecule has 2 unspecified atom stereocenters. The van der Waals surface area contributed by atoms with Gasteiger partial charge in [-0.05, 0) is 52.9 Å². The van der Waals surface area contributed by atoms with Crippen molar-refractivity contribution in [2.24, 2.45) is 4.99 Å². The van der Waals surface area contributed by atoms with E-state index >= 15 is 0 Å². The van der Waals surface area contributed by atoms with E-state index in [9.17, 15) is 9.59 Å². The Kier molecular flexibility index (Phi) is 8.16. The van der Waals surface area contributed by atoms with Crippen LogP contribution < -0.4 is 10.6 Å². The third-order valence-electron chi connectivity index (χ3n) is 5.37. The molecule has 166 valence electrons. The number of piperidine rings is 1. The van der Waals surface area contributed by atoms with E-state index in [1.807, 2.05) is 25.7 Å². The second kappa shape index (κ2) is 10.2. The van der Waals surface area contributed by atoms with Crippen molar-refractivity contribution in [1.82, 2.24) is 20.4 Å². The van der Waals surface area contributed by atoms with Crippen LogP contribution in [0.3, 0.4) is 0 Å². The average Bonchev–Trinajstić information content (AvgIpc) is 2.89. The molecular weight excluding hydrogens is 370 g/mol. The minimum atomic E-state index is -0.479. The highest BCUT2D eigenvalue weighted by Gasteiger charge is 2.45. The van der Waals surface area contributed by atoms with Gasteiger partial charge in [-0.1, -0.05) is 13.3 Å². The number of hydrogen-bond acceptors (Lipinski definition) is 4. The standard InChI is InChI=1S/C21H39N5O3/c1-7-8-11-22-19(23-14-18(27)25(5)6)24-15-12-16-9-10-17(13-15)26(16)20(28)29-21(2,3)4/h15-17H,7-14H2,1-6H3,(H2,22,23,24). The molecular formula is C21H39N5O3. The number of nitrogens with zero attached hydrogens (tertiary/aromatic N) is 3. The zero-order valence-electron chi connectivity index (χ0n) is 19.0. The molecule has 8 heteroatoms. The zero-order valence-corrected chi connectivity index (χ0v) is 19.0. The van der Waals surface area contributed by atoms with Gasteiger partial charge in [0.1, 0.15) is 12.1 Å². The normalized spacial score (nSPS) is 24.3. The number of aliphatic imine (C=N–C) groups is 1. The molecule has 8 nitrogen and oxygen atoms in total. The Bertz CT molecular complexity index is 586. The predicted octanol–water partition coefficient (Wildman–Crippen LogP) is 2.34. The van der Waals surface area contributed by atoms with Crippen molar-refractivity contribution >= 4 is 18.0 Å². The van der Waals surface area contributed by atoms with E-state index in [2.05, 4.69) is 22.5 Å². The Balaban J connectivity index is 1.98. The maximum Gasteiger partial charge on any atom is 0.410 e. The maximum absolute atomic E-state index is 12.6. The number of nitrogens with one attached hydrogen (secondary N) is 2. The molecule has 2 atom stereocenters. The van der Waals surface area contributed by atoms with E-state index in [0.29, 0.717) is 5.96 Å². The van der Waals surface area contributed by atoms with Gasteiger partial charge in [0.2, 0.25) is 5.91 Å². The number of carbonyl (C=O) groups excluding carboxylic acids is 2. The quantitative estimate of drug-likeness (QED) is 0.399. The van der Waals surface area contributed by atoms with E-state index in [-0.39, 0.29) is 36.7 Å². The number of unbranched alkanes of at least 4 members (excludes halogenated alkanes) is 1. The molecule has 0 aromatic carbocycles. The van der Waals surface area contributed by atoms with Crippen LogP contribution in [-0.4, -0.2) is 78.7 Å². The van der Waals surface area contributed by atoms with Gasteiger partial charge in [0.05, 0.1) is 0 Å². The Labute approximate surface area is 175 Å². The first kappa shape index (κ1) is 23.3. The van der Waals surface area contributed by atoms with E-state index in [1.54, 1.807) is 19.0 Å². The Hall–Kier alpha value is -1.99. The average molecular weight is 410 g/mol. The second-order valence-corrected chi connectivity index (χ2v) is 9.32. The number of fused-ring (bicyclic) bond motifs is 2. The van der Waals surface area contributed by atoms with Crippen LogP contribution in [0.1, 0.15) is 66.2 Å². The molecule has 2 bridgehead atoms. The molecule has 0 aromatic heterocycles. The number of ether oxygens (including phenoxy) is 1. The smallest absolute Gasteiger partial charge is 0.410 e. The minimum absolute atomic E-state index is 0.0265. The lowest BCUT2D eigenvalue weighted by atomic mass is 9.98. The highest BCUT2D eigenvalue weighted by Crippen LogP contribution is 2.36. The summed E-state index contributed by atoms with van der Waals surface area (Å²) in [5.41, 5.74) is -0.479. The van der Waals surface area contributed by atoms with Gasteiger partial charge in [-0.2, -0.15) is 0 Å². The molecule has 2 rings (SSSR count). The summed E-state index contributed by atoms with van der Waals surface area (Å²) in [6.45, 7) is 8.80. The van der Waals surface area contributed by atoms with Crippen molar-refractivity contribution in [2.45, 2.75) is 89.9 Å². The van der Waals surface area contributed by atoms with Gasteiger partial charge < -0.3 is 25.2 Å². The van der Waals surface area contributed by atoms with E-state index in [0.717, 1.165) is 45.1 Å². The molecule has 0 saturated carbocycles. The second-order valence-electron chi connectivity index (χ2n) is 9.32. The first-order valence-electron chi connectivity index (χ1n) is 10.9. The SMILES string of the molecule is CCCCNC(=NCC(=O)N(C)C)NC1CC2CCC(C1)N2C(=O)OC(C)(C)C. The lowest BCUT2D eigenvalue weighted by molar-refractivity contribution is -0.127. The largest absolute Gasteiger partial charge is 0.444 e. The number of likely N-dealkylation sites (N-methyl/N-ethyl adjacent to an activating group) is 1. The summed E-state index contributed by atoms with van der Waals surface area (Å²) >= 11 is 0. The van der Waals surface area contributed by atoms with Crippen molar-refractivity contribution in [3.05, 3.63) is 0 Å². The summed E-state index contributed by atoms with van der Waals surface area (Å²) in [5.74, 6) is 0.658. The molecule has 2 aliphatic heterocycles. The molecule has 2 amide bonds. The summed E-state index contributed by atoms with van der Waals surface area (Å²) in [7, 11) is 3.47. The highest BCUT2D eigenvalue weighted by atomic mass is 16.6. The van der Waals surface area contributed by atoms with Crippen molar-refractivity contribution in [3.63, 3.8) is 0 Å². The molecule has 0 aromatic rings. The fourth-order valence-corrected chi connectivity index (χ4v) is 3.93. The molecule has 29 heavy (non-hydrogen) atoms. The number of amides is 2. The van der Waals surface area contributed by atoms with Gasteiger partial charge in [0.25, 0.3) is 0 Å². The fraction of sp³-hybridized carbons (Fsp3) is 0.857. The molecule has 0 radical (unpaired) electrons. The highest BCUT2D eigenvalue weighted by molar-refractivity contribution is 5.85. The topological polar surface area (TPSA) is 86.3 Å². The number of hydrogen-bond donors (Lipinski definition) is 2. The van der Waals surface area contributed by atoms with Crippen LogP contribution in [0.15, 0.2) is 4.99 Å². The Morgan fingerprint density at radius 1 is 1.17 bits per heavy atom. The third-order valence-corrected chi connectivity index (χ3v) is 5.37. The van der Waals surface area contributed by atoms with Crippen LogP contribution in [0.2, 0.25) is 0 Å². The molecule has 2 fully saturated rings. The Morgan fingerprint density at radius 3 is 2.31 bits per heavy atom. The Morgan fingerprint density at radius 2 is 1.79 bits per heavy atom. The monoisotopic (exact) mass is 409 g/mol. The molecule has 2 N–H and O–H groups in total. The van der Waals surface area contributed by atoms with Crippen LogP contribution in [0.4, 0.5) is 4.79 Å². The lowest BCUT2D eigenvalue weighted by Crippen LogP contribution is -2.55. The molecule has 2 heterocycles. The van der Waals surface area contributed by atoms with Gasteiger partial charge >= 0.3 is 6.09 Å². The van der Waals surface area contributed by atoms with Crippen LogP contribution >= 0.6 is 0 Å². The van der Waals surface area contributed by atoms with Gasteiger partial charge in [0.15, 0.2) is 5.96 Å². The molecule has 0 spiro atoms. The summed E-state index contributed by atoms with van der Waals surface area (Å²) < 4.78 is 5.62. The zero-order chi connectivity index (χ0) is 21.6. The van der Waals surface area contributed by atoms with E-state index < -0.39 is 5.60 Å². The van der Waals surface area contributed by atoms with Crippen LogP contribution in [0, 0.1) is 0 Å². The van der Waals surface area contributed by atoms with Crippen molar-refractivity contribution < 1.29 is 14.3 Å². The summed E-state index contributed by atoms with van der Waals surface area (Å²) in [6.07, 6.45) is 5.70. The van der Waals surface area contributed by atoms with E-state index in [4.69, 9.17) is 4.74 Å². The molecule has 0 aliphatic carbocycles. The van der Waals surface area contributed by atoms with Crippen LogP contribution in [0.25, 0.3) is 0 Å². The van der Waals surface area contributed by atoms with E-state index in [1.165, 1.54) is 0 Å². The minimum Gasteiger partial charge on any atom is -0.444 e. The fourth-order valence-electron chi connectivity index (χ4n) is 3.93. The number of rotatable bonds is 6. The first-order chi connectivity index (χ1) is 13.6. The van der Waals surface area contributed by atoms with Crippen molar-refractivity contribution in [3.8, 4) is 0 Å². The van der Waals surface area contributed by atoms with Gasteiger partial charge in [-0.25, -0.2) is 9.79 Å². The van der Waals surface area contributed by atoms with Crippen LogP contribution in [0.5, 0.6) is 0 Å². The first-order valence-corrected chi connectivity index (χ1v) is 10.9. The van der Waals surface area contributed by atoms with Crippen molar-refractivity contribution in [1.29, 1.82) is 0 Å². The van der Waals surface area contributed by atoms with Gasteiger partial charge in [-0.3, -0.25) is 4.79 Å². The summed E-state index contributed by atoms with van der Waals surface area (Å²) in [6, 6.07) is 0.622. The predicted molar refractivity (Wildman–Crippen MR) is 115 cm³/mol. The molecule has 2 aliphatic rings. The number of guanidine groups is 1.